The first-order valence-electron chi connectivity index (χ1n) is 6.57. The highest BCUT2D eigenvalue weighted by molar-refractivity contribution is 6.32. The van der Waals surface area contributed by atoms with Gasteiger partial charge in [0.2, 0.25) is 5.75 Å². The molecule has 0 amide bonds. The minimum atomic E-state index is 0.494. The summed E-state index contributed by atoms with van der Waals surface area (Å²) in [6.45, 7) is 0.514. The normalized spacial score (nSPS) is 10.3. The zero-order valence-electron chi connectivity index (χ0n) is 12.1. The molecule has 21 heavy (non-hydrogen) atoms. The van der Waals surface area contributed by atoms with Crippen molar-refractivity contribution in [2.24, 2.45) is 5.73 Å². The molecule has 0 saturated heterocycles. The third-order valence-corrected chi connectivity index (χ3v) is 3.35. The monoisotopic (exact) mass is 307 g/mol. The Morgan fingerprint density at radius 2 is 1.57 bits per heavy atom. The van der Waals surface area contributed by atoms with E-state index in [9.17, 15) is 0 Å². The van der Waals surface area contributed by atoms with E-state index in [1.54, 1.807) is 32.4 Å². The molecular formula is C16H18ClNO3. The van der Waals surface area contributed by atoms with Crippen molar-refractivity contribution >= 4 is 11.6 Å². The van der Waals surface area contributed by atoms with Crippen LogP contribution >= 0.6 is 11.6 Å². The number of benzene rings is 2. The second kappa shape index (κ2) is 7.20. The Labute approximate surface area is 129 Å². The van der Waals surface area contributed by atoms with Crippen LogP contribution in [0.15, 0.2) is 36.4 Å². The highest BCUT2D eigenvalue weighted by Crippen LogP contribution is 2.43. The zero-order valence-corrected chi connectivity index (χ0v) is 12.8. The highest BCUT2D eigenvalue weighted by atomic mass is 35.5. The fraction of sp³-hybridized carbons (Fsp3) is 0.250. The van der Waals surface area contributed by atoms with Crippen molar-refractivity contribution in [2.45, 2.75) is 6.42 Å². The first-order chi connectivity index (χ1) is 10.2. The Balaban J connectivity index is 2.47. The molecule has 2 N–H and O–H groups in total. The Morgan fingerprint density at radius 3 is 2.14 bits per heavy atom. The number of hydrogen-bond donors (Lipinski definition) is 1. The van der Waals surface area contributed by atoms with Crippen molar-refractivity contribution in [2.75, 3.05) is 20.8 Å². The van der Waals surface area contributed by atoms with Crippen molar-refractivity contribution < 1.29 is 14.2 Å². The van der Waals surface area contributed by atoms with Crippen molar-refractivity contribution in [3.05, 3.63) is 47.0 Å². The lowest BCUT2D eigenvalue weighted by Crippen LogP contribution is -2.04. The number of para-hydroxylation sites is 2. The van der Waals surface area contributed by atoms with Gasteiger partial charge in [-0.3, -0.25) is 0 Å². The molecule has 0 aliphatic rings. The van der Waals surface area contributed by atoms with Gasteiger partial charge in [-0.2, -0.15) is 0 Å². The first kappa shape index (κ1) is 15.5. The van der Waals surface area contributed by atoms with Gasteiger partial charge in [-0.15, -0.1) is 0 Å². The molecule has 0 aliphatic carbocycles. The van der Waals surface area contributed by atoms with Gasteiger partial charge in [-0.1, -0.05) is 29.8 Å². The molecule has 5 heteroatoms. The number of halogens is 1. The second-order valence-electron chi connectivity index (χ2n) is 4.36. The molecule has 0 fully saturated rings. The summed E-state index contributed by atoms with van der Waals surface area (Å²) in [6, 6.07) is 11.0. The average molecular weight is 308 g/mol. The molecule has 0 aliphatic heterocycles. The minimum absolute atomic E-state index is 0.494. The summed E-state index contributed by atoms with van der Waals surface area (Å²) in [7, 11) is 3.16. The fourth-order valence-electron chi connectivity index (χ4n) is 2.04. The molecule has 0 atom stereocenters. The molecule has 0 unspecified atom stereocenters. The predicted octanol–water partition coefficient (Wildman–Crippen LogP) is 3.65. The third-order valence-electron chi connectivity index (χ3n) is 3.05. The summed E-state index contributed by atoms with van der Waals surface area (Å²) in [4.78, 5) is 0. The zero-order chi connectivity index (χ0) is 15.2. The fourth-order valence-corrected chi connectivity index (χ4v) is 2.27. The van der Waals surface area contributed by atoms with Gasteiger partial charge in [0.1, 0.15) is 5.75 Å². The van der Waals surface area contributed by atoms with Gasteiger partial charge < -0.3 is 19.9 Å². The number of rotatable bonds is 6. The summed E-state index contributed by atoms with van der Waals surface area (Å²) >= 11 is 6.26. The molecule has 2 rings (SSSR count). The Hall–Kier alpha value is -1.91. The van der Waals surface area contributed by atoms with Gasteiger partial charge in [-0.25, -0.2) is 0 Å². The van der Waals surface area contributed by atoms with E-state index in [1.165, 1.54) is 0 Å². The topological polar surface area (TPSA) is 53.7 Å². The van der Waals surface area contributed by atoms with Gasteiger partial charge in [0, 0.05) is 0 Å². The second-order valence-corrected chi connectivity index (χ2v) is 4.77. The largest absolute Gasteiger partial charge is 0.493 e. The summed E-state index contributed by atoms with van der Waals surface area (Å²) in [5.41, 5.74) is 6.58. The van der Waals surface area contributed by atoms with Crippen molar-refractivity contribution in [1.29, 1.82) is 0 Å². The van der Waals surface area contributed by atoms with Crippen molar-refractivity contribution in [3.63, 3.8) is 0 Å². The predicted molar refractivity (Wildman–Crippen MR) is 83.8 cm³/mol. The molecule has 0 bridgehead atoms. The van der Waals surface area contributed by atoms with Crippen LogP contribution in [0, 0.1) is 0 Å². The van der Waals surface area contributed by atoms with Gasteiger partial charge in [0.05, 0.1) is 19.2 Å². The average Bonchev–Trinajstić information content (AvgIpc) is 2.50. The maximum absolute atomic E-state index is 6.26. The smallest absolute Gasteiger partial charge is 0.211 e. The minimum Gasteiger partial charge on any atom is -0.493 e. The van der Waals surface area contributed by atoms with Crippen LogP contribution in [0.5, 0.6) is 23.0 Å². The maximum atomic E-state index is 6.26. The lowest BCUT2D eigenvalue weighted by atomic mass is 10.1. The number of ether oxygens (including phenoxy) is 3. The van der Waals surface area contributed by atoms with Gasteiger partial charge >= 0.3 is 0 Å². The Kier molecular flexibility index (Phi) is 5.31. The summed E-state index contributed by atoms with van der Waals surface area (Å²) in [5.74, 6) is 2.22. The van der Waals surface area contributed by atoms with Crippen LogP contribution < -0.4 is 19.9 Å². The molecule has 0 radical (unpaired) electrons. The van der Waals surface area contributed by atoms with Crippen molar-refractivity contribution in [3.8, 4) is 23.0 Å². The van der Waals surface area contributed by atoms with E-state index in [4.69, 9.17) is 31.5 Å². The van der Waals surface area contributed by atoms with E-state index in [2.05, 4.69) is 0 Å². The Morgan fingerprint density at radius 1 is 0.952 bits per heavy atom. The SMILES string of the molecule is COc1cccc(OC)c1Oc1c(Cl)cccc1CCN. The molecule has 0 spiro atoms. The molecule has 0 saturated carbocycles. The summed E-state index contributed by atoms with van der Waals surface area (Å²) in [5, 5.41) is 0.522. The number of nitrogens with two attached hydrogens (primary N) is 1. The standard InChI is InChI=1S/C16H18ClNO3/c1-19-13-7-4-8-14(20-2)16(13)21-15-11(9-10-18)5-3-6-12(15)17/h3-8H,9-10,18H2,1-2H3. The van der Waals surface area contributed by atoms with Gasteiger partial charge in [0.25, 0.3) is 0 Å². The summed E-state index contributed by atoms with van der Waals surface area (Å²) < 4.78 is 16.7. The maximum Gasteiger partial charge on any atom is 0.211 e. The molecular weight excluding hydrogens is 290 g/mol. The lowest BCUT2D eigenvalue weighted by Gasteiger charge is -2.17. The van der Waals surface area contributed by atoms with Gasteiger partial charge in [-0.05, 0) is 36.7 Å². The van der Waals surface area contributed by atoms with Crippen LogP contribution in [0.4, 0.5) is 0 Å². The Bertz CT molecular complexity index is 594. The highest BCUT2D eigenvalue weighted by Gasteiger charge is 2.16. The molecule has 0 heterocycles. The first-order valence-corrected chi connectivity index (χ1v) is 6.95. The van der Waals surface area contributed by atoms with E-state index in [0.29, 0.717) is 41.0 Å². The van der Waals surface area contributed by atoms with E-state index in [-0.39, 0.29) is 0 Å². The number of methoxy groups -OCH3 is 2. The molecule has 2 aromatic rings. The van der Waals surface area contributed by atoms with Crippen LogP contribution in [0.2, 0.25) is 5.02 Å². The van der Waals surface area contributed by atoms with Crippen LogP contribution in [-0.2, 0) is 6.42 Å². The van der Waals surface area contributed by atoms with Crippen LogP contribution in [0.25, 0.3) is 0 Å². The molecule has 2 aromatic carbocycles. The quantitative estimate of drug-likeness (QED) is 0.885. The molecule has 4 nitrogen and oxygen atoms in total. The molecule has 0 aromatic heterocycles. The van der Waals surface area contributed by atoms with Crippen LogP contribution in [0.1, 0.15) is 5.56 Å². The molecule has 112 valence electrons. The van der Waals surface area contributed by atoms with E-state index in [1.807, 2.05) is 18.2 Å². The van der Waals surface area contributed by atoms with E-state index >= 15 is 0 Å². The summed E-state index contributed by atoms with van der Waals surface area (Å²) in [6.07, 6.45) is 0.674. The lowest BCUT2D eigenvalue weighted by molar-refractivity contribution is 0.345. The number of hydrogen-bond acceptors (Lipinski definition) is 4. The van der Waals surface area contributed by atoms with E-state index < -0.39 is 0 Å². The van der Waals surface area contributed by atoms with Crippen LogP contribution in [-0.4, -0.2) is 20.8 Å². The third kappa shape index (κ3) is 3.40. The van der Waals surface area contributed by atoms with Crippen LogP contribution in [0.3, 0.4) is 0 Å². The van der Waals surface area contributed by atoms with Gasteiger partial charge in [0.15, 0.2) is 11.5 Å². The van der Waals surface area contributed by atoms with Crippen molar-refractivity contribution in [1.82, 2.24) is 0 Å². The van der Waals surface area contributed by atoms with E-state index in [0.717, 1.165) is 5.56 Å².